The number of carbonyl (C=O) groups excluding carboxylic acids is 1. The molecule has 0 aliphatic carbocycles. The van der Waals surface area contributed by atoms with Gasteiger partial charge in [-0.05, 0) is 63.3 Å². The van der Waals surface area contributed by atoms with Crippen LogP contribution in [0.4, 0.5) is 4.39 Å². The molecule has 0 saturated carbocycles. The molecule has 1 unspecified atom stereocenters. The highest BCUT2D eigenvalue weighted by atomic mass is 19.1. The van der Waals surface area contributed by atoms with Gasteiger partial charge in [0.15, 0.2) is 5.60 Å². The third kappa shape index (κ3) is 4.40. The second kappa shape index (κ2) is 7.84. The van der Waals surface area contributed by atoms with E-state index in [9.17, 15) is 19.1 Å². The van der Waals surface area contributed by atoms with Gasteiger partial charge in [0, 0.05) is 19.7 Å². The Morgan fingerprint density at radius 1 is 1.19 bits per heavy atom. The summed E-state index contributed by atoms with van der Waals surface area (Å²) in [4.78, 5) is 26.0. The van der Waals surface area contributed by atoms with Gasteiger partial charge >= 0.3 is 5.97 Å². The van der Waals surface area contributed by atoms with E-state index in [1.54, 1.807) is 18.7 Å². The first-order chi connectivity index (χ1) is 12.8. The van der Waals surface area contributed by atoms with E-state index in [0.29, 0.717) is 44.7 Å². The molecule has 1 aromatic rings. The van der Waals surface area contributed by atoms with Gasteiger partial charge in [-0.1, -0.05) is 0 Å². The number of hydrogen-bond donors (Lipinski definition) is 1. The van der Waals surface area contributed by atoms with E-state index < -0.39 is 17.5 Å². The Balaban J connectivity index is 1.57. The molecular weight excluding hydrogens is 353 g/mol. The van der Waals surface area contributed by atoms with Crippen molar-refractivity contribution < 1.29 is 28.6 Å². The average molecular weight is 379 g/mol. The molecule has 3 rings (SSSR count). The summed E-state index contributed by atoms with van der Waals surface area (Å²) < 4.78 is 24.5. The van der Waals surface area contributed by atoms with Gasteiger partial charge in [0.2, 0.25) is 0 Å². The number of carboxylic acids is 1. The predicted octanol–water partition coefficient (Wildman–Crippen LogP) is 2.71. The van der Waals surface area contributed by atoms with E-state index in [1.807, 2.05) is 0 Å². The van der Waals surface area contributed by atoms with Crippen molar-refractivity contribution >= 4 is 11.9 Å². The van der Waals surface area contributed by atoms with Crippen molar-refractivity contribution in [2.24, 2.45) is 11.8 Å². The van der Waals surface area contributed by atoms with Crippen molar-refractivity contribution in [1.29, 1.82) is 0 Å². The Morgan fingerprint density at radius 3 is 2.41 bits per heavy atom. The summed E-state index contributed by atoms with van der Waals surface area (Å²) in [6.45, 7) is 4.98. The number of carbonyl (C=O) groups is 2. The number of aliphatic carboxylic acids is 1. The largest absolute Gasteiger partial charge is 0.481 e. The lowest BCUT2D eigenvalue weighted by molar-refractivity contribution is -0.150. The Morgan fingerprint density at radius 2 is 1.81 bits per heavy atom. The van der Waals surface area contributed by atoms with Crippen LogP contribution >= 0.6 is 0 Å². The molecular formula is C20H26FNO5. The first kappa shape index (κ1) is 19.6. The molecule has 2 atom stereocenters. The number of halogens is 1. The van der Waals surface area contributed by atoms with Crippen molar-refractivity contribution in [3.05, 3.63) is 30.1 Å². The monoisotopic (exact) mass is 379 g/mol. The van der Waals surface area contributed by atoms with E-state index in [-0.39, 0.29) is 23.7 Å². The first-order valence-electron chi connectivity index (χ1n) is 9.36. The van der Waals surface area contributed by atoms with E-state index in [4.69, 9.17) is 9.47 Å². The molecule has 6 nitrogen and oxygen atoms in total. The van der Waals surface area contributed by atoms with Gasteiger partial charge < -0.3 is 19.5 Å². The molecule has 148 valence electrons. The van der Waals surface area contributed by atoms with E-state index in [2.05, 4.69) is 0 Å². The highest BCUT2D eigenvalue weighted by Crippen LogP contribution is 2.34. The van der Waals surface area contributed by atoms with Crippen molar-refractivity contribution in [3.8, 4) is 5.75 Å². The maximum absolute atomic E-state index is 13.0. The lowest BCUT2D eigenvalue weighted by Gasteiger charge is -2.38. The molecule has 2 fully saturated rings. The fourth-order valence-corrected chi connectivity index (χ4v) is 3.99. The number of hydrogen-bond acceptors (Lipinski definition) is 4. The number of likely N-dealkylation sites (tertiary alicyclic amines) is 1. The van der Waals surface area contributed by atoms with E-state index in [1.165, 1.54) is 24.3 Å². The summed E-state index contributed by atoms with van der Waals surface area (Å²) in [6, 6.07) is 5.59. The molecule has 7 heteroatoms. The lowest BCUT2D eigenvalue weighted by atomic mass is 9.84. The molecule has 1 N–H and O–H groups in total. The fraction of sp³-hybridized carbons (Fsp3) is 0.600. The molecule has 2 aliphatic rings. The second-order valence-electron chi connectivity index (χ2n) is 7.76. The molecule has 1 amide bonds. The quantitative estimate of drug-likeness (QED) is 0.851. The van der Waals surface area contributed by atoms with Gasteiger partial charge in [0.25, 0.3) is 5.91 Å². The van der Waals surface area contributed by atoms with Crippen LogP contribution in [0.5, 0.6) is 5.75 Å². The SMILES string of the molecule is CC(C)(Oc1ccc(F)cc1)C(=O)N1CCC([C@@H]2OCCC2C(=O)O)CC1. The molecule has 2 heterocycles. The van der Waals surface area contributed by atoms with Crippen LogP contribution < -0.4 is 4.74 Å². The van der Waals surface area contributed by atoms with Crippen LogP contribution in [0.1, 0.15) is 33.1 Å². The first-order valence-corrected chi connectivity index (χ1v) is 9.36. The number of carboxylic acid groups (broad SMARTS) is 1. The third-order valence-electron chi connectivity index (χ3n) is 5.45. The highest BCUT2D eigenvalue weighted by Gasteiger charge is 2.42. The van der Waals surface area contributed by atoms with Crippen LogP contribution in [0.25, 0.3) is 0 Å². The van der Waals surface area contributed by atoms with Crippen molar-refractivity contribution in [2.75, 3.05) is 19.7 Å². The Labute approximate surface area is 158 Å². The fourth-order valence-electron chi connectivity index (χ4n) is 3.99. The van der Waals surface area contributed by atoms with Crippen molar-refractivity contribution in [1.82, 2.24) is 4.90 Å². The van der Waals surface area contributed by atoms with E-state index in [0.717, 1.165) is 0 Å². The number of ether oxygens (including phenoxy) is 2. The Kier molecular flexibility index (Phi) is 5.69. The minimum absolute atomic E-state index is 0.132. The molecule has 1 aromatic carbocycles. The number of piperidine rings is 1. The molecule has 27 heavy (non-hydrogen) atoms. The number of benzene rings is 1. The minimum atomic E-state index is -1.07. The Hall–Kier alpha value is -2.15. The summed E-state index contributed by atoms with van der Waals surface area (Å²) in [5.74, 6) is -1.15. The minimum Gasteiger partial charge on any atom is -0.481 e. The van der Waals surface area contributed by atoms with Crippen LogP contribution in [0.3, 0.4) is 0 Å². The van der Waals surface area contributed by atoms with Crippen LogP contribution in [-0.4, -0.2) is 53.3 Å². The van der Waals surface area contributed by atoms with Gasteiger partial charge in [-0.25, -0.2) is 4.39 Å². The molecule has 2 aliphatic heterocycles. The molecule has 0 aromatic heterocycles. The molecule has 2 saturated heterocycles. The van der Waals surface area contributed by atoms with Crippen LogP contribution in [0.15, 0.2) is 24.3 Å². The lowest BCUT2D eigenvalue weighted by Crippen LogP contribution is -2.52. The summed E-state index contributed by atoms with van der Waals surface area (Å²) in [5.41, 5.74) is -1.07. The number of amides is 1. The predicted molar refractivity (Wildman–Crippen MR) is 95.9 cm³/mol. The second-order valence-corrected chi connectivity index (χ2v) is 7.76. The van der Waals surface area contributed by atoms with Crippen molar-refractivity contribution in [3.63, 3.8) is 0 Å². The molecule has 0 spiro atoms. The molecule has 0 radical (unpaired) electrons. The van der Waals surface area contributed by atoms with Crippen LogP contribution in [0.2, 0.25) is 0 Å². The van der Waals surface area contributed by atoms with Gasteiger partial charge in [0.05, 0.1) is 12.0 Å². The van der Waals surface area contributed by atoms with Gasteiger partial charge in [-0.3, -0.25) is 9.59 Å². The maximum Gasteiger partial charge on any atom is 0.309 e. The summed E-state index contributed by atoms with van der Waals surface area (Å²) in [7, 11) is 0. The zero-order valence-electron chi connectivity index (χ0n) is 15.7. The zero-order chi connectivity index (χ0) is 19.6. The van der Waals surface area contributed by atoms with Crippen molar-refractivity contribution in [2.45, 2.75) is 44.8 Å². The third-order valence-corrected chi connectivity index (χ3v) is 5.45. The summed E-state index contributed by atoms with van der Waals surface area (Å²) in [5, 5.41) is 9.33. The number of nitrogens with zero attached hydrogens (tertiary/aromatic N) is 1. The average Bonchev–Trinajstić information content (AvgIpc) is 3.13. The van der Waals surface area contributed by atoms with Gasteiger partial charge in [-0.15, -0.1) is 0 Å². The Bertz CT molecular complexity index is 682. The van der Waals surface area contributed by atoms with Crippen LogP contribution in [-0.2, 0) is 14.3 Å². The van der Waals surface area contributed by atoms with E-state index >= 15 is 0 Å². The number of rotatable bonds is 5. The topological polar surface area (TPSA) is 76.1 Å². The normalized spacial score (nSPS) is 24.0. The summed E-state index contributed by atoms with van der Waals surface area (Å²) in [6.07, 6.45) is 1.72. The smallest absolute Gasteiger partial charge is 0.309 e. The highest BCUT2D eigenvalue weighted by molar-refractivity contribution is 5.85. The molecule has 0 bridgehead atoms. The van der Waals surface area contributed by atoms with Gasteiger partial charge in [-0.2, -0.15) is 0 Å². The zero-order valence-corrected chi connectivity index (χ0v) is 15.7. The standard InChI is InChI=1S/C20H26FNO5/c1-20(2,27-15-5-3-14(21)4-6-15)19(25)22-10-7-13(8-11-22)17-16(18(23)24)9-12-26-17/h3-6,13,16-17H,7-12H2,1-2H3,(H,23,24)/t16?,17-/m0/s1. The van der Waals surface area contributed by atoms with Gasteiger partial charge in [0.1, 0.15) is 11.6 Å². The van der Waals surface area contributed by atoms with Crippen LogP contribution in [0, 0.1) is 17.7 Å². The summed E-state index contributed by atoms with van der Waals surface area (Å²) >= 11 is 0. The maximum atomic E-state index is 13.0.